The quantitative estimate of drug-likeness (QED) is 0.0896. The fraction of sp³-hybridized carbons (Fsp3) is 0.525. The second-order valence-corrected chi connectivity index (χ2v) is 13.1. The molecule has 0 aromatic heterocycles. The Kier molecular flexibility index (Phi) is 19.3. The third-order valence-corrected chi connectivity index (χ3v) is 9.14. The third-order valence-electron chi connectivity index (χ3n) is 9.14. The summed E-state index contributed by atoms with van der Waals surface area (Å²) in [4.78, 5) is 64.5. The van der Waals surface area contributed by atoms with Crippen molar-refractivity contribution in [3.8, 4) is 11.8 Å². The SMILES string of the molecule is CC(NC(=O)CCOCCOCCOCCOCCNC(=O)C(N)CCC(=O)N(C)[C@@H](C)C(=O)O)C(C)C(=O)N1Cc2ccccc2C#Cc2ccccc21. The number of hydrogen-bond donors (Lipinski definition) is 4. The number of carboxylic acid groups (broad SMARTS) is 1. The highest BCUT2D eigenvalue weighted by Gasteiger charge is 2.29. The highest BCUT2D eigenvalue weighted by molar-refractivity contribution is 5.97. The van der Waals surface area contributed by atoms with Crippen LogP contribution in [0.25, 0.3) is 0 Å². The van der Waals surface area contributed by atoms with Crippen LogP contribution in [-0.4, -0.2) is 124 Å². The van der Waals surface area contributed by atoms with Crippen molar-refractivity contribution >= 4 is 35.3 Å². The molecule has 4 amide bonds. The van der Waals surface area contributed by atoms with Crippen molar-refractivity contribution in [1.29, 1.82) is 0 Å². The molecule has 0 saturated carbocycles. The molecule has 2 aromatic carbocycles. The average Bonchev–Trinajstić information content (AvgIpc) is 3.17. The molecule has 55 heavy (non-hydrogen) atoms. The molecule has 0 spiro atoms. The highest BCUT2D eigenvalue weighted by Crippen LogP contribution is 2.27. The standard InChI is InChI=1S/C40H55N5O10/c1-28(39(49)45-27-33-11-6-5-9-31(33)13-14-32-10-7-8-12-35(32)45)29(2)43-36(46)17-19-52-21-23-54-25-26-55-24-22-53-20-18-42-38(48)34(41)15-16-37(47)44(4)30(3)40(50)51/h5-12,28-30,34H,15-27,41H2,1-4H3,(H,42,48)(H,43,46)(H,50,51)/t28?,29?,30-,34?/m0/s1. The van der Waals surface area contributed by atoms with Gasteiger partial charge in [0.25, 0.3) is 0 Å². The molecular formula is C40H55N5O10. The number of anilines is 1. The number of hydrogen-bond acceptors (Lipinski definition) is 10. The van der Waals surface area contributed by atoms with Crippen LogP contribution in [0, 0.1) is 17.8 Å². The number of rotatable bonds is 24. The molecule has 15 nitrogen and oxygen atoms in total. The minimum Gasteiger partial charge on any atom is -0.480 e. The van der Waals surface area contributed by atoms with Crippen LogP contribution in [0.5, 0.6) is 0 Å². The normalized spacial score (nSPS) is 14.0. The maximum Gasteiger partial charge on any atom is 0.326 e. The Morgan fingerprint density at radius 3 is 2.04 bits per heavy atom. The van der Waals surface area contributed by atoms with E-state index < -0.39 is 41.8 Å². The van der Waals surface area contributed by atoms with Crippen LogP contribution >= 0.6 is 0 Å². The number of ether oxygens (including phenoxy) is 4. The lowest BCUT2D eigenvalue weighted by atomic mass is 9.98. The number of fused-ring (bicyclic) bond motifs is 2. The Balaban J connectivity index is 1.18. The molecule has 15 heteroatoms. The number of nitrogens with zero attached hydrogens (tertiary/aromatic N) is 2. The van der Waals surface area contributed by atoms with Crippen molar-refractivity contribution < 1.29 is 48.0 Å². The predicted octanol–water partition coefficient (Wildman–Crippen LogP) is 1.69. The van der Waals surface area contributed by atoms with Gasteiger partial charge in [-0.15, -0.1) is 0 Å². The van der Waals surface area contributed by atoms with Gasteiger partial charge in [0.15, 0.2) is 0 Å². The van der Waals surface area contributed by atoms with Gasteiger partial charge in [0.1, 0.15) is 6.04 Å². The van der Waals surface area contributed by atoms with Gasteiger partial charge in [-0.2, -0.15) is 0 Å². The van der Waals surface area contributed by atoms with E-state index >= 15 is 0 Å². The summed E-state index contributed by atoms with van der Waals surface area (Å²) in [6.07, 6.45) is 0.198. The summed E-state index contributed by atoms with van der Waals surface area (Å²) in [5.74, 6) is 3.70. The van der Waals surface area contributed by atoms with Gasteiger partial charge in [0.05, 0.1) is 77.0 Å². The lowest BCUT2D eigenvalue weighted by Crippen LogP contribution is -2.46. The second-order valence-electron chi connectivity index (χ2n) is 13.1. The Morgan fingerprint density at radius 1 is 0.818 bits per heavy atom. The van der Waals surface area contributed by atoms with Gasteiger partial charge in [-0.3, -0.25) is 19.2 Å². The molecule has 0 bridgehead atoms. The molecule has 3 unspecified atom stereocenters. The number of carboxylic acids is 1. The molecule has 0 radical (unpaired) electrons. The fourth-order valence-corrected chi connectivity index (χ4v) is 5.36. The predicted molar refractivity (Wildman–Crippen MR) is 205 cm³/mol. The van der Waals surface area contributed by atoms with Gasteiger partial charge in [0.2, 0.25) is 23.6 Å². The minimum atomic E-state index is -1.11. The van der Waals surface area contributed by atoms with Crippen molar-refractivity contribution in [2.75, 3.05) is 71.3 Å². The Bertz CT molecular complexity index is 1640. The molecule has 300 valence electrons. The number of para-hydroxylation sites is 1. The number of aliphatic carboxylic acids is 1. The van der Waals surface area contributed by atoms with Gasteiger partial charge < -0.3 is 50.2 Å². The maximum absolute atomic E-state index is 13.8. The zero-order chi connectivity index (χ0) is 40.2. The lowest BCUT2D eigenvalue weighted by molar-refractivity contribution is -0.148. The van der Waals surface area contributed by atoms with Crippen molar-refractivity contribution in [2.24, 2.45) is 11.7 Å². The van der Waals surface area contributed by atoms with Crippen LogP contribution < -0.4 is 21.3 Å². The van der Waals surface area contributed by atoms with Crippen molar-refractivity contribution in [3.63, 3.8) is 0 Å². The van der Waals surface area contributed by atoms with Gasteiger partial charge >= 0.3 is 5.97 Å². The van der Waals surface area contributed by atoms with E-state index in [1.807, 2.05) is 62.4 Å². The summed E-state index contributed by atoms with van der Waals surface area (Å²) in [6.45, 7) is 8.15. The Labute approximate surface area is 323 Å². The Hall–Kier alpha value is -4.85. The zero-order valence-corrected chi connectivity index (χ0v) is 32.2. The first-order valence-electron chi connectivity index (χ1n) is 18.5. The summed E-state index contributed by atoms with van der Waals surface area (Å²) in [5.41, 5.74) is 9.22. The van der Waals surface area contributed by atoms with E-state index in [2.05, 4.69) is 22.5 Å². The van der Waals surface area contributed by atoms with Crippen LogP contribution in [0.2, 0.25) is 0 Å². The maximum atomic E-state index is 13.8. The number of amides is 4. The third kappa shape index (κ3) is 15.1. The lowest BCUT2D eigenvalue weighted by Gasteiger charge is -2.30. The van der Waals surface area contributed by atoms with Crippen LogP contribution in [-0.2, 0) is 49.5 Å². The van der Waals surface area contributed by atoms with Crippen LogP contribution in [0.1, 0.15) is 56.7 Å². The monoisotopic (exact) mass is 765 g/mol. The second kappa shape index (κ2) is 23.8. The van der Waals surface area contributed by atoms with E-state index in [-0.39, 0.29) is 50.8 Å². The molecule has 0 aliphatic carbocycles. The highest BCUT2D eigenvalue weighted by atomic mass is 16.6. The summed E-state index contributed by atoms with van der Waals surface area (Å²) < 4.78 is 21.9. The molecular weight excluding hydrogens is 710 g/mol. The van der Waals surface area contributed by atoms with Gasteiger partial charge in [-0.05, 0) is 44.0 Å². The molecule has 0 fully saturated rings. The first-order valence-corrected chi connectivity index (χ1v) is 18.5. The Morgan fingerprint density at radius 2 is 1.38 bits per heavy atom. The summed E-state index contributed by atoms with van der Waals surface area (Å²) >= 11 is 0. The van der Waals surface area contributed by atoms with Gasteiger partial charge in [-0.25, -0.2) is 4.79 Å². The van der Waals surface area contributed by atoms with Crippen LogP contribution in [0.15, 0.2) is 48.5 Å². The molecule has 1 heterocycles. The van der Waals surface area contributed by atoms with E-state index in [4.69, 9.17) is 29.8 Å². The van der Waals surface area contributed by atoms with E-state index in [1.54, 1.807) is 4.90 Å². The molecule has 0 saturated heterocycles. The molecule has 1 aliphatic heterocycles. The average molecular weight is 766 g/mol. The smallest absolute Gasteiger partial charge is 0.326 e. The van der Waals surface area contributed by atoms with Gasteiger partial charge in [0, 0.05) is 43.6 Å². The summed E-state index contributed by atoms with van der Waals surface area (Å²) in [5, 5.41) is 14.6. The van der Waals surface area contributed by atoms with E-state index in [0.29, 0.717) is 46.2 Å². The topological polar surface area (TPSA) is 199 Å². The van der Waals surface area contributed by atoms with Crippen molar-refractivity contribution in [3.05, 3.63) is 65.2 Å². The zero-order valence-electron chi connectivity index (χ0n) is 32.2. The molecule has 3 rings (SSSR count). The van der Waals surface area contributed by atoms with E-state index in [1.165, 1.54) is 14.0 Å². The largest absolute Gasteiger partial charge is 0.480 e. The van der Waals surface area contributed by atoms with E-state index in [0.717, 1.165) is 27.3 Å². The van der Waals surface area contributed by atoms with E-state index in [9.17, 15) is 24.0 Å². The number of likely N-dealkylation sites (N-methyl/N-ethyl adjacent to an activating group) is 1. The molecule has 2 aromatic rings. The molecule has 5 N–H and O–H groups in total. The van der Waals surface area contributed by atoms with Crippen LogP contribution in [0.4, 0.5) is 5.69 Å². The first kappa shape index (κ1) is 44.5. The number of carbonyl (C=O) groups is 5. The van der Waals surface area contributed by atoms with Crippen molar-refractivity contribution in [2.45, 2.75) is 64.7 Å². The van der Waals surface area contributed by atoms with Gasteiger partial charge in [-0.1, -0.05) is 49.1 Å². The first-order chi connectivity index (χ1) is 26.4. The summed E-state index contributed by atoms with van der Waals surface area (Å²) in [7, 11) is 1.40. The van der Waals surface area contributed by atoms with Crippen molar-refractivity contribution in [1.82, 2.24) is 15.5 Å². The minimum absolute atomic E-state index is 0.0412. The fourth-order valence-electron chi connectivity index (χ4n) is 5.36. The van der Waals surface area contributed by atoms with Crippen LogP contribution in [0.3, 0.4) is 0 Å². The number of benzene rings is 2. The molecule has 4 atom stereocenters. The number of nitrogens with two attached hydrogens (primary N) is 1. The molecule has 1 aliphatic rings. The summed E-state index contributed by atoms with van der Waals surface area (Å²) in [6, 6.07) is 13.1. The number of carbonyl (C=O) groups excluding carboxylic acids is 4. The number of nitrogens with one attached hydrogen (secondary N) is 2.